The number of hydrogen-bond acceptors (Lipinski definition) is 6. The molecule has 0 amide bonds. The van der Waals surface area contributed by atoms with E-state index < -0.39 is 11.5 Å². The molecule has 0 bridgehead atoms. The Morgan fingerprint density at radius 3 is 2.78 bits per heavy atom. The van der Waals surface area contributed by atoms with Gasteiger partial charge in [-0.05, 0) is 13.0 Å². The van der Waals surface area contributed by atoms with Crippen LogP contribution in [0.3, 0.4) is 0 Å². The van der Waals surface area contributed by atoms with Crippen molar-refractivity contribution in [2.75, 3.05) is 0 Å². The Morgan fingerprint density at radius 1 is 1.56 bits per heavy atom. The molecule has 0 spiro atoms. The number of fused-ring (bicyclic) bond motifs is 1. The van der Waals surface area contributed by atoms with E-state index in [0.29, 0.717) is 10.8 Å². The van der Waals surface area contributed by atoms with Crippen LogP contribution in [0.5, 0.6) is 0 Å². The lowest BCUT2D eigenvalue weighted by molar-refractivity contribution is 0.457. The average molecular weight is 258 g/mol. The molecule has 90 valence electrons. The van der Waals surface area contributed by atoms with Crippen LogP contribution in [-0.2, 0) is 0 Å². The van der Waals surface area contributed by atoms with Crippen molar-refractivity contribution in [2.24, 2.45) is 22.4 Å². The highest BCUT2D eigenvalue weighted by atomic mass is 32.1. The zero-order chi connectivity index (χ0) is 13.5. The van der Waals surface area contributed by atoms with E-state index in [0.717, 1.165) is 0 Å². The van der Waals surface area contributed by atoms with Gasteiger partial charge in [0.2, 0.25) is 0 Å². The van der Waals surface area contributed by atoms with Crippen molar-refractivity contribution in [1.29, 1.82) is 10.5 Å². The highest BCUT2D eigenvalue weighted by Crippen LogP contribution is 2.32. The monoisotopic (exact) mass is 258 g/mol. The second-order valence-electron chi connectivity index (χ2n) is 4.29. The Morgan fingerprint density at radius 2 is 2.22 bits per heavy atom. The molecule has 0 aliphatic carbocycles. The molecule has 6 nitrogen and oxygen atoms in total. The first-order valence-corrected chi connectivity index (χ1v) is 5.52. The van der Waals surface area contributed by atoms with Crippen molar-refractivity contribution in [3.05, 3.63) is 23.7 Å². The summed E-state index contributed by atoms with van der Waals surface area (Å²) in [5.74, 6) is -0.0797. The van der Waals surface area contributed by atoms with Crippen LogP contribution in [0.2, 0.25) is 0 Å². The van der Waals surface area contributed by atoms with Gasteiger partial charge in [-0.3, -0.25) is 4.90 Å². The van der Waals surface area contributed by atoms with Crippen molar-refractivity contribution in [1.82, 2.24) is 4.90 Å². The zero-order valence-corrected chi connectivity index (χ0v) is 10.4. The lowest BCUT2D eigenvalue weighted by Gasteiger charge is -2.38. The number of nitrogens with zero attached hydrogens (tertiary/aromatic N) is 4. The molecular formula is C11H10N6S. The van der Waals surface area contributed by atoms with E-state index in [1.54, 1.807) is 13.0 Å². The van der Waals surface area contributed by atoms with Gasteiger partial charge in [-0.15, -0.1) is 0 Å². The quantitative estimate of drug-likeness (QED) is 0.596. The highest BCUT2D eigenvalue weighted by molar-refractivity contribution is 7.80. The number of hydrogen-bond donors (Lipinski definition) is 2. The minimum atomic E-state index is -0.903. The van der Waals surface area contributed by atoms with Crippen molar-refractivity contribution in [3.8, 4) is 12.1 Å². The average Bonchev–Trinajstić information content (AvgIpc) is 2.27. The molecule has 18 heavy (non-hydrogen) atoms. The Hall–Kier alpha value is -2.22. The molecule has 0 aromatic heterocycles. The first kappa shape index (κ1) is 12.2. The summed E-state index contributed by atoms with van der Waals surface area (Å²) >= 11 is 5.23. The molecule has 0 saturated heterocycles. The van der Waals surface area contributed by atoms with Gasteiger partial charge in [0.05, 0.1) is 11.6 Å². The molecule has 0 aromatic rings. The van der Waals surface area contributed by atoms with Gasteiger partial charge in [-0.1, -0.05) is 12.2 Å². The molecule has 2 aliphatic rings. The van der Waals surface area contributed by atoms with E-state index in [9.17, 15) is 0 Å². The zero-order valence-electron chi connectivity index (χ0n) is 9.58. The lowest BCUT2D eigenvalue weighted by Crippen LogP contribution is -2.53. The number of amidine groups is 1. The Balaban J connectivity index is 2.58. The fraction of sp³-hybridized carbons (Fsp3) is 0.273. The predicted molar refractivity (Wildman–Crippen MR) is 69.5 cm³/mol. The normalized spacial score (nSPS) is 30.4. The molecule has 2 heterocycles. The van der Waals surface area contributed by atoms with Crippen LogP contribution in [0.1, 0.15) is 6.92 Å². The maximum Gasteiger partial charge on any atom is 0.145 e. The van der Waals surface area contributed by atoms with Crippen molar-refractivity contribution in [2.45, 2.75) is 12.5 Å². The van der Waals surface area contributed by atoms with Crippen molar-refractivity contribution >= 4 is 23.0 Å². The molecule has 2 rings (SSSR count). The fourth-order valence-corrected chi connectivity index (χ4v) is 2.28. The van der Waals surface area contributed by atoms with Crippen LogP contribution in [0.15, 0.2) is 28.7 Å². The lowest BCUT2D eigenvalue weighted by atomic mass is 9.84. The summed E-state index contributed by atoms with van der Waals surface area (Å²) in [6.45, 7) is 1.70. The molecule has 2 aliphatic heterocycles. The van der Waals surface area contributed by atoms with Gasteiger partial charge >= 0.3 is 0 Å². The van der Waals surface area contributed by atoms with E-state index >= 15 is 0 Å². The van der Waals surface area contributed by atoms with E-state index in [-0.39, 0.29) is 11.4 Å². The smallest absolute Gasteiger partial charge is 0.145 e. The number of aliphatic imine (C=N–C) groups is 1. The summed E-state index contributed by atoms with van der Waals surface area (Å²) in [5.41, 5.74) is 11.0. The van der Waals surface area contributed by atoms with Gasteiger partial charge in [0.1, 0.15) is 34.2 Å². The predicted octanol–water partition coefficient (Wildman–Crippen LogP) is 0.106. The second-order valence-corrected chi connectivity index (χ2v) is 4.71. The Bertz CT molecular complexity index is 598. The first-order valence-electron chi connectivity index (χ1n) is 5.11. The first-order chi connectivity index (χ1) is 8.40. The van der Waals surface area contributed by atoms with Gasteiger partial charge in [0, 0.05) is 6.20 Å². The second kappa shape index (κ2) is 3.91. The van der Waals surface area contributed by atoms with Crippen LogP contribution in [0, 0.1) is 28.6 Å². The van der Waals surface area contributed by atoms with Crippen LogP contribution in [-0.4, -0.2) is 21.3 Å². The van der Waals surface area contributed by atoms with E-state index in [1.165, 1.54) is 11.1 Å². The summed E-state index contributed by atoms with van der Waals surface area (Å²) < 4.78 is 0. The number of nitrogens with two attached hydrogens (primary N) is 2. The Labute approximate surface area is 109 Å². The van der Waals surface area contributed by atoms with Crippen LogP contribution >= 0.6 is 12.2 Å². The SMILES string of the molecule is CC1(N)C=C2N=C(N)C(C#N)=CN2C(=S)C1C#N. The van der Waals surface area contributed by atoms with E-state index in [1.807, 2.05) is 6.07 Å². The third-order valence-corrected chi connectivity index (χ3v) is 3.24. The van der Waals surface area contributed by atoms with Gasteiger partial charge < -0.3 is 11.5 Å². The molecular weight excluding hydrogens is 248 g/mol. The third-order valence-electron chi connectivity index (χ3n) is 2.81. The summed E-state index contributed by atoms with van der Waals surface area (Å²) in [7, 11) is 0. The third kappa shape index (κ3) is 1.66. The van der Waals surface area contributed by atoms with Gasteiger partial charge in [0.25, 0.3) is 0 Å². The summed E-state index contributed by atoms with van der Waals surface area (Å²) in [6.07, 6.45) is 3.12. The summed E-state index contributed by atoms with van der Waals surface area (Å²) in [6, 6.07) is 4.00. The van der Waals surface area contributed by atoms with Gasteiger partial charge in [-0.2, -0.15) is 10.5 Å². The summed E-state index contributed by atoms with van der Waals surface area (Å²) in [5, 5.41) is 18.0. The van der Waals surface area contributed by atoms with Gasteiger partial charge in [-0.25, -0.2) is 4.99 Å². The minimum absolute atomic E-state index is 0.119. The van der Waals surface area contributed by atoms with Crippen LogP contribution in [0.4, 0.5) is 0 Å². The molecule has 4 N–H and O–H groups in total. The van der Waals surface area contributed by atoms with Crippen LogP contribution in [0.25, 0.3) is 0 Å². The maximum atomic E-state index is 9.14. The standard InChI is InChI=1S/C11H10N6S/c1-11(15)2-8-16-9(14)6(3-12)5-17(8)10(18)7(11)4-13/h2,5,7H,15H2,1H3,(H2,14,16). The van der Waals surface area contributed by atoms with Crippen molar-refractivity contribution in [3.63, 3.8) is 0 Å². The number of rotatable bonds is 0. The fourth-order valence-electron chi connectivity index (χ4n) is 1.82. The topological polar surface area (TPSA) is 115 Å². The molecule has 0 aromatic carbocycles. The van der Waals surface area contributed by atoms with E-state index in [2.05, 4.69) is 11.1 Å². The molecule has 7 heteroatoms. The maximum absolute atomic E-state index is 9.14. The van der Waals surface area contributed by atoms with Crippen molar-refractivity contribution < 1.29 is 0 Å². The molecule has 0 saturated carbocycles. The molecule has 2 unspecified atom stereocenters. The number of nitriles is 2. The van der Waals surface area contributed by atoms with Crippen LogP contribution < -0.4 is 11.5 Å². The largest absolute Gasteiger partial charge is 0.382 e. The summed E-state index contributed by atoms with van der Waals surface area (Å²) in [4.78, 5) is 5.91. The molecule has 2 atom stereocenters. The molecule has 0 fully saturated rings. The van der Waals surface area contributed by atoms with Gasteiger partial charge in [0.15, 0.2) is 0 Å². The highest BCUT2D eigenvalue weighted by Gasteiger charge is 2.41. The Kier molecular flexibility index (Phi) is 2.66. The molecule has 0 radical (unpaired) electrons. The minimum Gasteiger partial charge on any atom is -0.382 e. The number of thiocarbonyl (C=S) groups is 1. The van der Waals surface area contributed by atoms with E-state index in [4.69, 9.17) is 34.2 Å².